The lowest BCUT2D eigenvalue weighted by Gasteiger charge is -2.20. The quantitative estimate of drug-likeness (QED) is 0.868. The van der Waals surface area contributed by atoms with E-state index in [0.29, 0.717) is 10.6 Å². The van der Waals surface area contributed by atoms with Crippen molar-refractivity contribution in [3.63, 3.8) is 0 Å². The fourth-order valence-corrected chi connectivity index (χ4v) is 1.70. The Hall–Kier alpha value is -1.06. The van der Waals surface area contributed by atoms with E-state index >= 15 is 0 Å². The molecule has 1 atom stereocenters. The molecule has 1 amide bonds. The Labute approximate surface area is 107 Å². The van der Waals surface area contributed by atoms with Crippen molar-refractivity contribution >= 4 is 17.5 Å². The Balaban J connectivity index is 2.86. The van der Waals surface area contributed by atoms with Gasteiger partial charge in [0, 0.05) is 10.6 Å². The van der Waals surface area contributed by atoms with Crippen molar-refractivity contribution in [2.24, 2.45) is 5.92 Å². The van der Waals surface area contributed by atoms with Gasteiger partial charge >= 0.3 is 0 Å². The van der Waals surface area contributed by atoms with E-state index in [2.05, 4.69) is 5.32 Å². The number of aliphatic hydroxyl groups excluding tert-OH is 1. The molecule has 94 valence electrons. The summed E-state index contributed by atoms with van der Waals surface area (Å²) in [6.07, 6.45) is 0. The predicted molar refractivity (Wildman–Crippen MR) is 69.4 cm³/mol. The highest BCUT2D eigenvalue weighted by Gasteiger charge is 2.17. The molecule has 0 unspecified atom stereocenters. The van der Waals surface area contributed by atoms with Crippen LogP contribution in [-0.2, 0) is 0 Å². The molecule has 4 heteroatoms. The van der Waals surface area contributed by atoms with Crippen molar-refractivity contribution in [1.82, 2.24) is 5.32 Å². The van der Waals surface area contributed by atoms with E-state index in [0.717, 1.165) is 5.56 Å². The average Bonchev–Trinajstić information content (AvgIpc) is 2.28. The maximum Gasteiger partial charge on any atom is 0.251 e. The van der Waals surface area contributed by atoms with Gasteiger partial charge in [-0.05, 0) is 30.5 Å². The third-order valence-corrected chi connectivity index (χ3v) is 3.24. The Kier molecular flexibility index (Phi) is 4.97. The summed E-state index contributed by atoms with van der Waals surface area (Å²) in [5.74, 6) is -0.0128. The number of rotatable bonds is 4. The van der Waals surface area contributed by atoms with Crippen LogP contribution in [-0.4, -0.2) is 23.7 Å². The second-order valence-electron chi connectivity index (χ2n) is 4.42. The third-order valence-electron chi connectivity index (χ3n) is 2.83. The van der Waals surface area contributed by atoms with Crippen LogP contribution < -0.4 is 5.32 Å². The van der Waals surface area contributed by atoms with Gasteiger partial charge in [0.25, 0.3) is 5.91 Å². The molecule has 0 spiro atoms. The SMILES string of the molecule is Cc1c(Cl)cccc1C(=O)N[C@H](CO)C(C)C. The van der Waals surface area contributed by atoms with E-state index in [1.54, 1.807) is 25.1 Å². The molecule has 3 nitrogen and oxygen atoms in total. The first kappa shape index (κ1) is 14.0. The van der Waals surface area contributed by atoms with Gasteiger partial charge < -0.3 is 10.4 Å². The Morgan fingerprint density at radius 2 is 2.12 bits per heavy atom. The van der Waals surface area contributed by atoms with Crippen molar-refractivity contribution < 1.29 is 9.90 Å². The molecular formula is C13H18ClNO2. The zero-order valence-corrected chi connectivity index (χ0v) is 11.1. The van der Waals surface area contributed by atoms with Gasteiger partial charge in [-0.15, -0.1) is 0 Å². The molecule has 0 bridgehead atoms. The molecule has 1 aromatic rings. The van der Waals surface area contributed by atoms with Crippen molar-refractivity contribution in [1.29, 1.82) is 0 Å². The maximum atomic E-state index is 12.0. The molecule has 0 aromatic heterocycles. The molecule has 1 rings (SSSR count). The lowest BCUT2D eigenvalue weighted by Crippen LogP contribution is -2.41. The first-order valence-corrected chi connectivity index (χ1v) is 6.02. The summed E-state index contributed by atoms with van der Waals surface area (Å²) in [7, 11) is 0. The number of hydrogen-bond acceptors (Lipinski definition) is 2. The van der Waals surface area contributed by atoms with Crippen LogP contribution in [0.5, 0.6) is 0 Å². The first-order valence-electron chi connectivity index (χ1n) is 5.64. The molecule has 0 saturated carbocycles. The number of carbonyl (C=O) groups is 1. The second kappa shape index (κ2) is 6.03. The van der Waals surface area contributed by atoms with Gasteiger partial charge in [-0.1, -0.05) is 31.5 Å². The van der Waals surface area contributed by atoms with Gasteiger partial charge in [0.05, 0.1) is 12.6 Å². The maximum absolute atomic E-state index is 12.0. The number of aliphatic hydroxyl groups is 1. The van der Waals surface area contributed by atoms with E-state index in [4.69, 9.17) is 11.6 Å². The largest absolute Gasteiger partial charge is 0.394 e. The molecule has 0 aliphatic heterocycles. The highest BCUT2D eigenvalue weighted by atomic mass is 35.5. The molecule has 0 saturated heterocycles. The summed E-state index contributed by atoms with van der Waals surface area (Å²) < 4.78 is 0. The van der Waals surface area contributed by atoms with Crippen LogP contribution in [0.15, 0.2) is 18.2 Å². The lowest BCUT2D eigenvalue weighted by atomic mass is 10.0. The molecule has 2 N–H and O–H groups in total. The summed E-state index contributed by atoms with van der Waals surface area (Å²) in [5, 5.41) is 12.6. The third kappa shape index (κ3) is 3.45. The van der Waals surface area contributed by atoms with E-state index < -0.39 is 0 Å². The highest BCUT2D eigenvalue weighted by molar-refractivity contribution is 6.31. The zero-order chi connectivity index (χ0) is 13.0. The summed E-state index contributed by atoms with van der Waals surface area (Å²) in [6.45, 7) is 5.64. The number of amides is 1. The van der Waals surface area contributed by atoms with Crippen LogP contribution in [0.3, 0.4) is 0 Å². The van der Waals surface area contributed by atoms with Gasteiger partial charge in [0.15, 0.2) is 0 Å². The van der Waals surface area contributed by atoms with Gasteiger partial charge in [0.2, 0.25) is 0 Å². The summed E-state index contributed by atoms with van der Waals surface area (Å²) in [4.78, 5) is 12.0. The normalized spacial score (nSPS) is 12.6. The van der Waals surface area contributed by atoms with E-state index in [-0.39, 0.29) is 24.5 Å². The van der Waals surface area contributed by atoms with Crippen molar-refractivity contribution in [2.45, 2.75) is 26.8 Å². The standard InChI is InChI=1S/C13H18ClNO2/c1-8(2)12(7-16)15-13(17)10-5-4-6-11(14)9(10)3/h4-6,8,12,16H,7H2,1-3H3,(H,15,17)/t12-/m1/s1. The summed E-state index contributed by atoms with van der Waals surface area (Å²) >= 11 is 5.96. The number of benzene rings is 1. The monoisotopic (exact) mass is 255 g/mol. The fourth-order valence-electron chi connectivity index (χ4n) is 1.52. The molecule has 0 heterocycles. The van der Waals surface area contributed by atoms with Crippen LogP contribution in [0.2, 0.25) is 5.02 Å². The molecule has 0 aliphatic rings. The van der Waals surface area contributed by atoms with Crippen molar-refractivity contribution in [3.05, 3.63) is 34.3 Å². The number of carbonyl (C=O) groups excluding carboxylic acids is 1. The highest BCUT2D eigenvalue weighted by Crippen LogP contribution is 2.18. The van der Waals surface area contributed by atoms with Gasteiger partial charge in [-0.3, -0.25) is 4.79 Å². The number of halogens is 1. The Morgan fingerprint density at radius 1 is 1.47 bits per heavy atom. The van der Waals surface area contributed by atoms with Crippen LogP contribution in [0.4, 0.5) is 0 Å². The fraction of sp³-hybridized carbons (Fsp3) is 0.462. The van der Waals surface area contributed by atoms with Crippen LogP contribution in [0, 0.1) is 12.8 Å². The van der Waals surface area contributed by atoms with Crippen molar-refractivity contribution in [2.75, 3.05) is 6.61 Å². The van der Waals surface area contributed by atoms with Gasteiger partial charge in [0.1, 0.15) is 0 Å². The zero-order valence-electron chi connectivity index (χ0n) is 10.3. The van der Waals surface area contributed by atoms with E-state index in [1.807, 2.05) is 13.8 Å². The van der Waals surface area contributed by atoms with Crippen LogP contribution >= 0.6 is 11.6 Å². The molecule has 0 aliphatic carbocycles. The summed E-state index contributed by atoms with van der Waals surface area (Å²) in [6, 6.07) is 4.99. The lowest BCUT2D eigenvalue weighted by molar-refractivity contribution is 0.0896. The second-order valence-corrected chi connectivity index (χ2v) is 4.83. The molecular weight excluding hydrogens is 238 g/mol. The predicted octanol–water partition coefficient (Wildman–Crippen LogP) is 2.40. The van der Waals surface area contributed by atoms with Crippen LogP contribution in [0.25, 0.3) is 0 Å². The van der Waals surface area contributed by atoms with Gasteiger partial charge in [-0.25, -0.2) is 0 Å². The minimum atomic E-state index is -0.235. The molecule has 17 heavy (non-hydrogen) atoms. The van der Waals surface area contributed by atoms with Crippen LogP contribution in [0.1, 0.15) is 29.8 Å². The number of nitrogens with one attached hydrogen (secondary N) is 1. The topological polar surface area (TPSA) is 49.3 Å². The smallest absolute Gasteiger partial charge is 0.251 e. The summed E-state index contributed by atoms with van der Waals surface area (Å²) in [5.41, 5.74) is 1.31. The molecule has 0 fully saturated rings. The van der Waals surface area contributed by atoms with E-state index in [9.17, 15) is 9.90 Å². The average molecular weight is 256 g/mol. The van der Waals surface area contributed by atoms with Gasteiger partial charge in [-0.2, -0.15) is 0 Å². The Morgan fingerprint density at radius 3 is 2.65 bits per heavy atom. The van der Waals surface area contributed by atoms with Crippen molar-refractivity contribution in [3.8, 4) is 0 Å². The minimum Gasteiger partial charge on any atom is -0.394 e. The molecule has 0 radical (unpaired) electrons. The minimum absolute atomic E-state index is 0.0664. The molecule has 1 aromatic carbocycles. The number of hydrogen-bond donors (Lipinski definition) is 2. The van der Waals surface area contributed by atoms with E-state index in [1.165, 1.54) is 0 Å². The first-order chi connectivity index (χ1) is 7.97. The Bertz CT molecular complexity index is 404.